The van der Waals surface area contributed by atoms with Gasteiger partial charge in [0.2, 0.25) is 0 Å². The predicted molar refractivity (Wildman–Crippen MR) is 81.6 cm³/mol. The van der Waals surface area contributed by atoms with Gasteiger partial charge in [-0.1, -0.05) is 43.0 Å². The van der Waals surface area contributed by atoms with Crippen LogP contribution in [0.15, 0.2) is 43.0 Å². The van der Waals surface area contributed by atoms with Crippen molar-refractivity contribution in [1.82, 2.24) is 5.32 Å². The molecule has 0 saturated heterocycles. The highest BCUT2D eigenvalue weighted by Gasteiger charge is 2.23. The number of nitrogens with one attached hydrogen (secondary N) is 1. The van der Waals surface area contributed by atoms with Crippen LogP contribution in [0.3, 0.4) is 0 Å². The number of ether oxygens (including phenoxy) is 2. The Hall–Kier alpha value is -2.83. The largest absolute Gasteiger partial charge is 0.481 e. The van der Waals surface area contributed by atoms with Gasteiger partial charge in [-0.3, -0.25) is 4.79 Å². The second-order valence-corrected chi connectivity index (χ2v) is 4.61. The van der Waals surface area contributed by atoms with Crippen LogP contribution in [0.25, 0.3) is 0 Å². The van der Waals surface area contributed by atoms with Gasteiger partial charge in [0, 0.05) is 6.42 Å². The second kappa shape index (κ2) is 9.99. The van der Waals surface area contributed by atoms with E-state index in [0.717, 1.165) is 5.56 Å². The fraction of sp³-hybridized carbons (Fsp3) is 0.312. The van der Waals surface area contributed by atoms with Crippen LogP contribution >= 0.6 is 0 Å². The highest BCUT2D eigenvalue weighted by atomic mass is 16.6. The molecule has 1 atom stereocenters. The first-order valence-corrected chi connectivity index (χ1v) is 6.99. The Morgan fingerprint density at radius 1 is 1.22 bits per heavy atom. The first kappa shape index (κ1) is 18.2. The van der Waals surface area contributed by atoms with Crippen molar-refractivity contribution in [3.8, 4) is 0 Å². The number of esters is 1. The molecule has 0 heterocycles. The van der Waals surface area contributed by atoms with Gasteiger partial charge >= 0.3 is 18.0 Å². The van der Waals surface area contributed by atoms with E-state index in [9.17, 15) is 14.4 Å². The first-order chi connectivity index (χ1) is 11.0. The zero-order valence-electron chi connectivity index (χ0n) is 12.6. The van der Waals surface area contributed by atoms with Crippen LogP contribution in [0, 0.1) is 0 Å². The van der Waals surface area contributed by atoms with E-state index in [1.54, 1.807) is 24.3 Å². The number of amides is 1. The molecular weight excluding hydrogens is 302 g/mol. The molecule has 2 N–H and O–H groups in total. The molecule has 23 heavy (non-hydrogen) atoms. The van der Waals surface area contributed by atoms with Crippen molar-refractivity contribution in [3.05, 3.63) is 48.6 Å². The molecule has 0 bridgehead atoms. The highest BCUT2D eigenvalue weighted by molar-refractivity contribution is 5.82. The Morgan fingerprint density at radius 2 is 1.91 bits per heavy atom. The summed E-state index contributed by atoms with van der Waals surface area (Å²) in [5.74, 6) is -1.81. The van der Waals surface area contributed by atoms with Gasteiger partial charge in [-0.05, 0) is 12.0 Å². The minimum atomic E-state index is -1.09. The van der Waals surface area contributed by atoms with Gasteiger partial charge in [-0.2, -0.15) is 0 Å². The lowest BCUT2D eigenvalue weighted by atomic mass is 10.1. The monoisotopic (exact) mass is 321 g/mol. The number of rotatable bonds is 9. The molecule has 1 amide bonds. The normalized spacial score (nSPS) is 11.1. The Labute approximate surface area is 133 Å². The molecule has 0 aromatic heterocycles. The summed E-state index contributed by atoms with van der Waals surface area (Å²) < 4.78 is 9.82. The molecule has 0 aliphatic rings. The summed E-state index contributed by atoms with van der Waals surface area (Å²) in [7, 11) is 0. The Kier molecular flexibility index (Phi) is 7.91. The summed E-state index contributed by atoms with van der Waals surface area (Å²) in [6, 6.07) is 7.93. The number of carboxylic acid groups (broad SMARTS) is 1. The molecule has 0 radical (unpaired) electrons. The maximum absolute atomic E-state index is 11.8. The number of carboxylic acids is 1. The predicted octanol–water partition coefficient (Wildman–Crippen LogP) is 1.88. The van der Waals surface area contributed by atoms with Crippen LogP contribution < -0.4 is 5.32 Å². The van der Waals surface area contributed by atoms with E-state index in [1.807, 2.05) is 6.07 Å². The van der Waals surface area contributed by atoms with Crippen molar-refractivity contribution < 1.29 is 29.0 Å². The summed E-state index contributed by atoms with van der Waals surface area (Å²) in [5.41, 5.74) is 0.791. The number of carbonyl (C=O) groups excluding carboxylic acids is 2. The number of aliphatic carboxylic acids is 1. The minimum absolute atomic E-state index is 0.0247. The van der Waals surface area contributed by atoms with E-state index in [-0.39, 0.29) is 26.1 Å². The fourth-order valence-corrected chi connectivity index (χ4v) is 1.67. The SMILES string of the molecule is C=CCOC(=O)[C@H](CCC(=O)O)NC(=O)OCc1ccccc1. The molecule has 0 unspecified atom stereocenters. The maximum atomic E-state index is 11.8. The van der Waals surface area contributed by atoms with Gasteiger partial charge < -0.3 is 19.9 Å². The quantitative estimate of drug-likeness (QED) is 0.532. The van der Waals surface area contributed by atoms with Crippen molar-refractivity contribution in [2.45, 2.75) is 25.5 Å². The van der Waals surface area contributed by atoms with Crippen molar-refractivity contribution in [3.63, 3.8) is 0 Å². The topological polar surface area (TPSA) is 102 Å². The summed E-state index contributed by atoms with van der Waals surface area (Å²) in [6.07, 6.45) is 0.179. The van der Waals surface area contributed by atoms with Crippen LogP contribution in [0.4, 0.5) is 4.79 Å². The molecule has 0 saturated carbocycles. The lowest BCUT2D eigenvalue weighted by molar-refractivity contribution is -0.145. The van der Waals surface area contributed by atoms with Crippen molar-refractivity contribution in [2.75, 3.05) is 6.61 Å². The maximum Gasteiger partial charge on any atom is 0.408 e. The van der Waals surface area contributed by atoms with E-state index >= 15 is 0 Å². The van der Waals surface area contributed by atoms with Gasteiger partial charge in [0.15, 0.2) is 0 Å². The third-order valence-electron chi connectivity index (χ3n) is 2.78. The standard InChI is InChI=1S/C16H19NO6/c1-2-10-22-15(20)13(8-9-14(18)19)17-16(21)23-11-12-6-4-3-5-7-12/h2-7,13H,1,8-11H2,(H,17,21)(H,18,19)/t13-/m0/s1. The first-order valence-electron chi connectivity index (χ1n) is 6.99. The van der Waals surface area contributed by atoms with E-state index < -0.39 is 24.1 Å². The molecule has 124 valence electrons. The van der Waals surface area contributed by atoms with Gasteiger partial charge in [-0.25, -0.2) is 9.59 Å². The van der Waals surface area contributed by atoms with Crippen LogP contribution in [-0.2, 0) is 25.7 Å². The van der Waals surface area contributed by atoms with Crippen LogP contribution in [0.5, 0.6) is 0 Å². The summed E-state index contributed by atoms with van der Waals surface area (Å²) in [4.78, 5) is 34.2. The highest BCUT2D eigenvalue weighted by Crippen LogP contribution is 2.04. The van der Waals surface area contributed by atoms with E-state index in [4.69, 9.17) is 14.6 Å². The lowest BCUT2D eigenvalue weighted by Crippen LogP contribution is -2.42. The zero-order chi connectivity index (χ0) is 17.1. The van der Waals surface area contributed by atoms with Crippen molar-refractivity contribution >= 4 is 18.0 Å². The molecule has 0 aliphatic heterocycles. The van der Waals surface area contributed by atoms with Crippen molar-refractivity contribution in [2.24, 2.45) is 0 Å². The molecule has 7 nitrogen and oxygen atoms in total. The number of hydrogen-bond acceptors (Lipinski definition) is 5. The molecule has 1 aromatic carbocycles. The van der Waals surface area contributed by atoms with E-state index in [1.165, 1.54) is 6.08 Å². The average molecular weight is 321 g/mol. The number of hydrogen-bond donors (Lipinski definition) is 2. The summed E-state index contributed by atoms with van der Waals surface area (Å²) >= 11 is 0. The molecule has 0 spiro atoms. The van der Waals surface area contributed by atoms with Gasteiger partial charge in [-0.15, -0.1) is 0 Å². The van der Waals surface area contributed by atoms with Gasteiger partial charge in [0.25, 0.3) is 0 Å². The second-order valence-electron chi connectivity index (χ2n) is 4.61. The third-order valence-corrected chi connectivity index (χ3v) is 2.78. The summed E-state index contributed by atoms with van der Waals surface area (Å²) in [5, 5.41) is 11.0. The Balaban J connectivity index is 2.52. The smallest absolute Gasteiger partial charge is 0.408 e. The molecule has 0 fully saturated rings. The van der Waals surface area contributed by atoms with Gasteiger partial charge in [0.1, 0.15) is 19.3 Å². The minimum Gasteiger partial charge on any atom is -0.481 e. The third kappa shape index (κ3) is 7.66. The fourth-order valence-electron chi connectivity index (χ4n) is 1.67. The van der Waals surface area contributed by atoms with Crippen molar-refractivity contribution in [1.29, 1.82) is 0 Å². The molecule has 1 rings (SSSR count). The zero-order valence-corrected chi connectivity index (χ0v) is 12.6. The number of alkyl carbamates (subject to hydrolysis) is 1. The van der Waals surface area contributed by atoms with Crippen LogP contribution in [-0.4, -0.2) is 35.8 Å². The van der Waals surface area contributed by atoms with E-state index in [2.05, 4.69) is 11.9 Å². The number of carbonyl (C=O) groups is 3. The summed E-state index contributed by atoms with van der Waals surface area (Å²) in [6.45, 7) is 3.42. The van der Waals surface area contributed by atoms with Gasteiger partial charge in [0.05, 0.1) is 0 Å². The average Bonchev–Trinajstić information content (AvgIpc) is 2.55. The molecule has 7 heteroatoms. The molecular formula is C16H19NO6. The van der Waals surface area contributed by atoms with Crippen LogP contribution in [0.1, 0.15) is 18.4 Å². The Bertz CT molecular complexity index is 543. The molecule has 0 aliphatic carbocycles. The number of benzene rings is 1. The molecule has 1 aromatic rings. The lowest BCUT2D eigenvalue weighted by Gasteiger charge is -2.16. The Morgan fingerprint density at radius 3 is 2.52 bits per heavy atom. The van der Waals surface area contributed by atoms with Crippen LogP contribution in [0.2, 0.25) is 0 Å². The van der Waals surface area contributed by atoms with E-state index in [0.29, 0.717) is 0 Å².